The number of hydrogen-bond acceptors (Lipinski definition) is 1. The molecule has 4 heteroatoms. The van der Waals surface area contributed by atoms with Crippen LogP contribution in [0.3, 0.4) is 0 Å². The summed E-state index contributed by atoms with van der Waals surface area (Å²) >= 11 is 11.9. The van der Waals surface area contributed by atoms with Crippen LogP contribution >= 0.6 is 23.2 Å². The van der Waals surface area contributed by atoms with Gasteiger partial charge in [0.25, 0.3) is 0 Å². The topological polar surface area (TPSA) is 12.0 Å². The van der Waals surface area contributed by atoms with Crippen LogP contribution in [0, 0.1) is 5.82 Å². The maximum absolute atomic E-state index is 13.2. The fourth-order valence-corrected chi connectivity index (χ4v) is 2.67. The largest absolute Gasteiger partial charge is 0.319 e. The highest BCUT2D eigenvalue weighted by atomic mass is 35.5. The van der Waals surface area contributed by atoms with Gasteiger partial charge in [0.2, 0.25) is 0 Å². The first-order valence-corrected chi connectivity index (χ1v) is 7.19. The Hall–Kier alpha value is -1.09. The summed E-state index contributed by atoms with van der Waals surface area (Å²) in [5.74, 6) is -0.122. The predicted octanol–water partition coefficient (Wildman–Crippen LogP) is 4.68. The lowest BCUT2D eigenvalue weighted by molar-refractivity contribution is 0.616. The molecule has 20 heavy (non-hydrogen) atoms. The Morgan fingerprint density at radius 3 is 2.60 bits per heavy atom. The van der Waals surface area contributed by atoms with Crippen LogP contribution in [0.15, 0.2) is 42.5 Å². The molecule has 106 valence electrons. The van der Waals surface area contributed by atoms with Gasteiger partial charge in [-0.3, -0.25) is 0 Å². The molecule has 0 aliphatic heterocycles. The molecular formula is C16H16Cl2FN. The van der Waals surface area contributed by atoms with Crippen molar-refractivity contribution in [1.29, 1.82) is 0 Å². The van der Waals surface area contributed by atoms with Gasteiger partial charge in [-0.1, -0.05) is 41.4 Å². The molecule has 2 aromatic rings. The number of likely N-dealkylation sites (N-methyl/N-ethyl adjacent to an activating group) is 1. The Bertz CT molecular complexity index is 586. The van der Waals surface area contributed by atoms with Gasteiger partial charge in [-0.05, 0) is 48.9 Å². The molecule has 1 nitrogen and oxygen atoms in total. The van der Waals surface area contributed by atoms with E-state index in [-0.39, 0.29) is 16.8 Å². The Morgan fingerprint density at radius 1 is 1.15 bits per heavy atom. The van der Waals surface area contributed by atoms with Crippen LogP contribution < -0.4 is 5.32 Å². The second-order valence-corrected chi connectivity index (χ2v) is 5.61. The molecule has 0 fully saturated rings. The van der Waals surface area contributed by atoms with Crippen LogP contribution in [-0.2, 0) is 6.42 Å². The number of halogens is 3. The molecular weight excluding hydrogens is 296 g/mol. The Balaban J connectivity index is 2.22. The number of nitrogens with one attached hydrogen (secondary N) is 1. The molecule has 0 saturated carbocycles. The average molecular weight is 312 g/mol. The first kappa shape index (κ1) is 15.3. The Morgan fingerprint density at radius 2 is 1.95 bits per heavy atom. The summed E-state index contributed by atoms with van der Waals surface area (Å²) in [5.41, 5.74) is 2.17. The highest BCUT2D eigenvalue weighted by molar-refractivity contribution is 6.31. The Kier molecular flexibility index (Phi) is 5.41. The molecule has 0 amide bonds. The fraction of sp³-hybridized carbons (Fsp3) is 0.250. The molecule has 0 aliphatic carbocycles. The molecule has 0 radical (unpaired) electrons. The molecule has 2 rings (SSSR count). The van der Waals surface area contributed by atoms with Gasteiger partial charge in [-0.2, -0.15) is 0 Å². The summed E-state index contributed by atoms with van der Waals surface area (Å²) in [6.45, 7) is 0.815. The van der Waals surface area contributed by atoms with Crippen LogP contribution in [0.25, 0.3) is 0 Å². The molecule has 0 spiro atoms. The fourth-order valence-electron chi connectivity index (χ4n) is 2.27. The molecule has 1 atom stereocenters. The first-order valence-electron chi connectivity index (χ1n) is 6.44. The molecule has 0 aliphatic rings. The summed E-state index contributed by atoms with van der Waals surface area (Å²) in [6.07, 6.45) is 0.779. The standard InChI is InChI=1S/C16H16Cl2FN/c1-20-10-13(12-3-2-4-14(17)9-12)7-11-5-6-16(19)15(18)8-11/h2-6,8-9,13,20H,7,10H2,1H3. The molecule has 1 N–H and O–H groups in total. The molecule has 0 aromatic heterocycles. The van der Waals surface area contributed by atoms with Crippen molar-refractivity contribution in [2.75, 3.05) is 13.6 Å². The smallest absolute Gasteiger partial charge is 0.141 e. The normalized spacial score (nSPS) is 12.4. The van der Waals surface area contributed by atoms with E-state index in [0.29, 0.717) is 0 Å². The van der Waals surface area contributed by atoms with Gasteiger partial charge in [-0.15, -0.1) is 0 Å². The molecule has 0 heterocycles. The second-order valence-electron chi connectivity index (χ2n) is 4.76. The van der Waals surface area contributed by atoms with Gasteiger partial charge < -0.3 is 5.32 Å². The SMILES string of the molecule is CNCC(Cc1ccc(F)c(Cl)c1)c1cccc(Cl)c1. The lowest BCUT2D eigenvalue weighted by atomic mass is 9.92. The van der Waals surface area contributed by atoms with Crippen LogP contribution in [0.4, 0.5) is 4.39 Å². The van der Waals surface area contributed by atoms with Gasteiger partial charge in [0, 0.05) is 17.5 Å². The van der Waals surface area contributed by atoms with Gasteiger partial charge in [0.15, 0.2) is 0 Å². The minimum absolute atomic E-state index is 0.164. The number of rotatable bonds is 5. The van der Waals surface area contributed by atoms with Crippen molar-refractivity contribution in [3.8, 4) is 0 Å². The van der Waals surface area contributed by atoms with E-state index in [1.54, 1.807) is 12.1 Å². The highest BCUT2D eigenvalue weighted by Crippen LogP contribution is 2.25. The van der Waals surface area contributed by atoms with Gasteiger partial charge in [-0.25, -0.2) is 4.39 Å². The van der Waals surface area contributed by atoms with Crippen molar-refractivity contribution < 1.29 is 4.39 Å². The predicted molar refractivity (Wildman–Crippen MR) is 83.2 cm³/mol. The molecule has 0 bridgehead atoms. The zero-order valence-electron chi connectivity index (χ0n) is 11.2. The van der Waals surface area contributed by atoms with E-state index in [0.717, 1.165) is 29.1 Å². The van der Waals surface area contributed by atoms with Crippen LogP contribution in [-0.4, -0.2) is 13.6 Å². The van der Waals surface area contributed by atoms with Crippen molar-refractivity contribution in [1.82, 2.24) is 5.32 Å². The summed E-state index contributed by atoms with van der Waals surface area (Å²) in [7, 11) is 1.91. The van der Waals surface area contributed by atoms with E-state index in [1.165, 1.54) is 6.07 Å². The monoisotopic (exact) mass is 311 g/mol. The third kappa shape index (κ3) is 3.95. The lowest BCUT2D eigenvalue weighted by Gasteiger charge is -2.17. The Labute approximate surface area is 128 Å². The minimum Gasteiger partial charge on any atom is -0.319 e. The van der Waals surface area contributed by atoms with E-state index < -0.39 is 0 Å². The minimum atomic E-state index is -0.386. The summed E-state index contributed by atoms with van der Waals surface area (Å²) < 4.78 is 13.2. The van der Waals surface area contributed by atoms with Gasteiger partial charge in [0.05, 0.1) is 5.02 Å². The van der Waals surface area contributed by atoms with Crippen molar-refractivity contribution in [3.63, 3.8) is 0 Å². The molecule has 2 aromatic carbocycles. The van der Waals surface area contributed by atoms with Crippen molar-refractivity contribution in [3.05, 3.63) is 69.5 Å². The molecule has 0 saturated heterocycles. The summed E-state index contributed by atoms with van der Waals surface area (Å²) in [4.78, 5) is 0. The van der Waals surface area contributed by atoms with Gasteiger partial charge >= 0.3 is 0 Å². The average Bonchev–Trinajstić information content (AvgIpc) is 2.42. The maximum Gasteiger partial charge on any atom is 0.141 e. The maximum atomic E-state index is 13.2. The third-order valence-electron chi connectivity index (χ3n) is 3.24. The van der Waals surface area contributed by atoms with E-state index in [2.05, 4.69) is 11.4 Å². The van der Waals surface area contributed by atoms with Crippen molar-refractivity contribution in [2.45, 2.75) is 12.3 Å². The zero-order valence-corrected chi connectivity index (χ0v) is 12.7. The lowest BCUT2D eigenvalue weighted by Crippen LogP contribution is -2.19. The van der Waals surface area contributed by atoms with E-state index in [4.69, 9.17) is 23.2 Å². The van der Waals surface area contributed by atoms with Crippen LogP contribution in [0.1, 0.15) is 17.0 Å². The van der Waals surface area contributed by atoms with E-state index in [9.17, 15) is 4.39 Å². The quantitative estimate of drug-likeness (QED) is 0.845. The number of hydrogen-bond donors (Lipinski definition) is 1. The summed E-state index contributed by atoms with van der Waals surface area (Å²) in [5, 5.41) is 4.07. The van der Waals surface area contributed by atoms with Crippen molar-refractivity contribution >= 4 is 23.2 Å². The second kappa shape index (κ2) is 7.07. The van der Waals surface area contributed by atoms with E-state index in [1.807, 2.05) is 25.2 Å². The zero-order chi connectivity index (χ0) is 14.5. The van der Waals surface area contributed by atoms with Crippen LogP contribution in [0.5, 0.6) is 0 Å². The first-order chi connectivity index (χ1) is 9.60. The van der Waals surface area contributed by atoms with Gasteiger partial charge in [0.1, 0.15) is 5.82 Å². The number of benzene rings is 2. The molecule has 1 unspecified atom stereocenters. The third-order valence-corrected chi connectivity index (χ3v) is 3.76. The van der Waals surface area contributed by atoms with E-state index >= 15 is 0 Å². The van der Waals surface area contributed by atoms with Crippen molar-refractivity contribution in [2.24, 2.45) is 0 Å². The van der Waals surface area contributed by atoms with Crippen LogP contribution in [0.2, 0.25) is 10.0 Å². The summed E-state index contributed by atoms with van der Waals surface area (Å²) in [6, 6.07) is 12.7. The highest BCUT2D eigenvalue weighted by Gasteiger charge is 2.13.